The molecule has 0 fully saturated rings. The molecule has 2 aromatic rings. The minimum Gasteiger partial charge on any atom is -0.458 e. The maximum Gasteiger partial charge on any atom is 0.254 e. The molecule has 0 radical (unpaired) electrons. The molecule has 0 unspecified atom stereocenters. The van der Waals surface area contributed by atoms with Gasteiger partial charge in [-0.05, 0) is 31.4 Å². The van der Waals surface area contributed by atoms with E-state index < -0.39 is 6.10 Å². The molecule has 0 aliphatic rings. The number of hydrogen-bond donors (Lipinski definition) is 2. The summed E-state index contributed by atoms with van der Waals surface area (Å²) in [5.41, 5.74) is 0.632. The maximum atomic E-state index is 12.2. The summed E-state index contributed by atoms with van der Waals surface area (Å²) in [4.78, 5) is 27.5. The number of nitrogens with one attached hydrogen (secondary N) is 2. The smallest absolute Gasteiger partial charge is 0.254 e. The number of rotatable bonds is 9. The zero-order chi connectivity index (χ0) is 19.1. The third-order valence-electron chi connectivity index (χ3n) is 3.59. The summed E-state index contributed by atoms with van der Waals surface area (Å²) >= 11 is 1.32. The minimum absolute atomic E-state index is 0.119. The van der Waals surface area contributed by atoms with Crippen LogP contribution in [0.5, 0.6) is 0 Å². The number of aromatic nitrogens is 1. The zero-order valence-corrected chi connectivity index (χ0v) is 16.3. The molecule has 2 amide bonds. The monoisotopic (exact) mass is 379 g/mol. The van der Waals surface area contributed by atoms with Gasteiger partial charge in [0.1, 0.15) is 17.6 Å². The van der Waals surface area contributed by atoms with Gasteiger partial charge in [-0.2, -0.15) is 0 Å². The predicted octanol–water partition coefficient (Wildman–Crippen LogP) is 3.43. The molecule has 0 spiro atoms. The van der Waals surface area contributed by atoms with E-state index in [1.54, 1.807) is 24.4 Å². The number of nitrogens with zero attached hydrogens (tertiary/aromatic N) is 1. The summed E-state index contributed by atoms with van der Waals surface area (Å²) in [6, 6.07) is 3.57. The number of thiazole rings is 1. The van der Waals surface area contributed by atoms with Gasteiger partial charge < -0.3 is 14.5 Å². The molecule has 1 atom stereocenters. The van der Waals surface area contributed by atoms with E-state index in [-0.39, 0.29) is 11.8 Å². The second-order valence-corrected chi connectivity index (χ2v) is 7.26. The highest BCUT2D eigenvalue weighted by Gasteiger charge is 2.16. The molecule has 2 rings (SSSR count). The van der Waals surface area contributed by atoms with Crippen molar-refractivity contribution in [3.63, 3.8) is 0 Å². The molecular formula is C18H25N3O4S. The lowest BCUT2D eigenvalue weighted by Crippen LogP contribution is -2.28. The van der Waals surface area contributed by atoms with Crippen LogP contribution in [0.4, 0.5) is 5.13 Å². The molecule has 0 aromatic carbocycles. The summed E-state index contributed by atoms with van der Waals surface area (Å²) < 4.78 is 11.2. The van der Waals surface area contributed by atoms with Crippen molar-refractivity contribution in [1.29, 1.82) is 0 Å². The van der Waals surface area contributed by atoms with Crippen molar-refractivity contribution in [1.82, 2.24) is 10.3 Å². The van der Waals surface area contributed by atoms with Crippen molar-refractivity contribution >= 4 is 28.3 Å². The third kappa shape index (κ3) is 6.27. The van der Waals surface area contributed by atoms with E-state index in [1.165, 1.54) is 18.3 Å². The van der Waals surface area contributed by atoms with Crippen molar-refractivity contribution in [2.24, 2.45) is 5.92 Å². The largest absolute Gasteiger partial charge is 0.458 e. The van der Waals surface area contributed by atoms with Crippen LogP contribution in [0.3, 0.4) is 0 Å². The predicted molar refractivity (Wildman–Crippen MR) is 101 cm³/mol. The van der Waals surface area contributed by atoms with E-state index in [2.05, 4.69) is 29.5 Å². The lowest BCUT2D eigenvalue weighted by Gasteiger charge is -2.13. The summed E-state index contributed by atoms with van der Waals surface area (Å²) in [7, 11) is 0. The van der Waals surface area contributed by atoms with Gasteiger partial charge in [-0.3, -0.25) is 14.9 Å². The molecule has 2 N–H and O–H groups in total. The van der Waals surface area contributed by atoms with Gasteiger partial charge in [0.05, 0.1) is 6.54 Å². The highest BCUT2D eigenvalue weighted by Crippen LogP contribution is 2.26. The van der Waals surface area contributed by atoms with E-state index in [4.69, 9.17) is 9.15 Å². The summed E-state index contributed by atoms with van der Waals surface area (Å²) in [5, 5.41) is 7.73. The Morgan fingerprint density at radius 1 is 1.31 bits per heavy atom. The lowest BCUT2D eigenvalue weighted by molar-refractivity contribution is -0.126. The number of carbonyl (C=O) groups is 2. The molecule has 0 aliphatic heterocycles. The van der Waals surface area contributed by atoms with Gasteiger partial charge in [-0.15, -0.1) is 11.3 Å². The summed E-state index contributed by atoms with van der Waals surface area (Å²) in [5.74, 6) is 1.42. The van der Waals surface area contributed by atoms with Gasteiger partial charge in [-0.1, -0.05) is 13.8 Å². The van der Waals surface area contributed by atoms with E-state index in [9.17, 15) is 9.59 Å². The number of hydrogen-bond acceptors (Lipinski definition) is 6. The van der Waals surface area contributed by atoms with Crippen LogP contribution in [0.2, 0.25) is 0 Å². The number of ether oxygens (including phenoxy) is 1. The summed E-state index contributed by atoms with van der Waals surface area (Å²) in [6.45, 7) is 8.29. The Balaban J connectivity index is 1.89. The highest BCUT2D eigenvalue weighted by atomic mass is 32.1. The van der Waals surface area contributed by atoms with Crippen molar-refractivity contribution in [3.8, 4) is 11.5 Å². The average Bonchev–Trinajstić information content (AvgIpc) is 3.21. The van der Waals surface area contributed by atoms with Gasteiger partial charge in [-0.25, -0.2) is 4.98 Å². The Morgan fingerprint density at radius 3 is 2.77 bits per heavy atom. The maximum absolute atomic E-state index is 12.2. The molecule has 2 heterocycles. The molecule has 0 bridgehead atoms. The summed E-state index contributed by atoms with van der Waals surface area (Å²) in [6.07, 6.45) is 0.382. The first-order valence-corrected chi connectivity index (χ1v) is 9.44. The molecule has 0 saturated heterocycles. The first-order valence-electron chi connectivity index (χ1n) is 8.56. The second kappa shape index (κ2) is 9.49. The Hall–Kier alpha value is -2.19. The quantitative estimate of drug-likeness (QED) is 0.696. The van der Waals surface area contributed by atoms with Crippen LogP contribution < -0.4 is 10.6 Å². The van der Waals surface area contributed by atoms with Gasteiger partial charge in [0.25, 0.3) is 5.91 Å². The number of amides is 2. The Labute approximate surface area is 157 Å². The zero-order valence-electron chi connectivity index (χ0n) is 15.5. The SMILES string of the molecule is CC(=O)NCc1ccc(-c2csc(NC(=O)[C@@H](C)OCCC(C)C)n2)o1. The number of carbonyl (C=O) groups excluding carboxylic acids is 2. The van der Waals surface area contributed by atoms with Gasteiger partial charge in [0.15, 0.2) is 10.9 Å². The fraction of sp³-hybridized carbons (Fsp3) is 0.500. The van der Waals surface area contributed by atoms with Crippen LogP contribution in [0, 0.1) is 5.92 Å². The minimum atomic E-state index is -0.533. The fourth-order valence-electron chi connectivity index (χ4n) is 2.03. The molecule has 142 valence electrons. The molecule has 26 heavy (non-hydrogen) atoms. The Bertz CT molecular complexity index is 738. The molecule has 8 heteroatoms. The van der Waals surface area contributed by atoms with Crippen molar-refractivity contribution in [2.45, 2.75) is 46.8 Å². The number of anilines is 1. The molecule has 0 aliphatic carbocycles. The number of furan rings is 1. The fourth-order valence-corrected chi connectivity index (χ4v) is 2.73. The normalized spacial score (nSPS) is 12.2. The van der Waals surface area contributed by atoms with Crippen LogP contribution in [0.25, 0.3) is 11.5 Å². The first-order chi connectivity index (χ1) is 12.3. The molecule has 2 aromatic heterocycles. The van der Waals surface area contributed by atoms with Crippen LogP contribution in [0.15, 0.2) is 21.9 Å². The third-order valence-corrected chi connectivity index (χ3v) is 4.35. The van der Waals surface area contributed by atoms with E-state index in [0.29, 0.717) is 41.4 Å². The Morgan fingerprint density at radius 2 is 2.08 bits per heavy atom. The lowest BCUT2D eigenvalue weighted by atomic mass is 10.1. The Kier molecular flexibility index (Phi) is 7.35. The van der Waals surface area contributed by atoms with Crippen LogP contribution in [0.1, 0.15) is 39.9 Å². The van der Waals surface area contributed by atoms with Gasteiger partial charge in [0.2, 0.25) is 5.91 Å². The molecule has 0 saturated carbocycles. The highest BCUT2D eigenvalue weighted by molar-refractivity contribution is 7.14. The van der Waals surface area contributed by atoms with Gasteiger partial charge >= 0.3 is 0 Å². The second-order valence-electron chi connectivity index (χ2n) is 6.40. The van der Waals surface area contributed by atoms with Crippen molar-refractivity contribution < 1.29 is 18.7 Å². The molecule has 7 nitrogen and oxygen atoms in total. The topological polar surface area (TPSA) is 93.5 Å². The standard InChI is InChI=1S/C18H25N3O4S/c1-11(2)7-8-24-12(3)17(23)21-18-20-15(10-26-18)16-6-5-14(25-16)9-19-13(4)22/h5-6,10-12H,7-9H2,1-4H3,(H,19,22)(H,20,21,23)/t12-/m1/s1. The van der Waals surface area contributed by atoms with Crippen LogP contribution in [-0.4, -0.2) is 29.5 Å². The average molecular weight is 379 g/mol. The van der Waals surface area contributed by atoms with Crippen LogP contribution >= 0.6 is 11.3 Å². The van der Waals surface area contributed by atoms with E-state index >= 15 is 0 Å². The first kappa shape index (κ1) is 20.1. The van der Waals surface area contributed by atoms with Crippen molar-refractivity contribution in [3.05, 3.63) is 23.3 Å². The van der Waals surface area contributed by atoms with Crippen LogP contribution in [-0.2, 0) is 20.9 Å². The van der Waals surface area contributed by atoms with Gasteiger partial charge in [0, 0.05) is 18.9 Å². The van der Waals surface area contributed by atoms with E-state index in [0.717, 1.165) is 6.42 Å². The molecular weight excluding hydrogens is 354 g/mol. The van der Waals surface area contributed by atoms with Crippen molar-refractivity contribution in [2.75, 3.05) is 11.9 Å². The van der Waals surface area contributed by atoms with E-state index in [1.807, 2.05) is 0 Å².